The summed E-state index contributed by atoms with van der Waals surface area (Å²) in [7, 11) is 0. The van der Waals surface area contributed by atoms with Gasteiger partial charge >= 0.3 is 0 Å². The van der Waals surface area contributed by atoms with Crippen molar-refractivity contribution in [2.75, 3.05) is 18.5 Å². The van der Waals surface area contributed by atoms with Gasteiger partial charge in [-0.25, -0.2) is 4.39 Å². The van der Waals surface area contributed by atoms with Gasteiger partial charge in [0.1, 0.15) is 5.82 Å². The summed E-state index contributed by atoms with van der Waals surface area (Å²) in [5, 5.41) is 12.5. The van der Waals surface area contributed by atoms with Crippen molar-refractivity contribution < 1.29 is 14.2 Å². The lowest BCUT2D eigenvalue weighted by Crippen LogP contribution is -2.41. The predicted octanol–water partition coefficient (Wildman–Crippen LogP) is 3.25. The van der Waals surface area contributed by atoms with Gasteiger partial charge in [0.25, 0.3) is 0 Å². The standard InChI is InChI=1S/C16H22FNO2/c17-11-6-7-15-13(10-11)16-12(4-3-9-20-16)14(18-15)5-1-2-8-19/h6-7,10,12,14,16,18-19H,1-5,8-9H2/t12-,14+,16+/m1/s1. The van der Waals surface area contributed by atoms with Crippen molar-refractivity contribution in [2.24, 2.45) is 5.92 Å². The summed E-state index contributed by atoms with van der Waals surface area (Å²) in [6.07, 6.45) is 5.10. The van der Waals surface area contributed by atoms with E-state index in [1.165, 1.54) is 6.07 Å². The van der Waals surface area contributed by atoms with Crippen LogP contribution in [0.5, 0.6) is 0 Å². The van der Waals surface area contributed by atoms with E-state index in [2.05, 4.69) is 5.32 Å². The fraction of sp³-hybridized carbons (Fsp3) is 0.625. The van der Waals surface area contributed by atoms with Crippen molar-refractivity contribution in [1.29, 1.82) is 0 Å². The third kappa shape index (κ3) is 2.67. The maximum Gasteiger partial charge on any atom is 0.123 e. The first-order chi connectivity index (χ1) is 9.79. The molecule has 0 aliphatic carbocycles. The molecule has 3 nitrogen and oxygen atoms in total. The van der Waals surface area contributed by atoms with Gasteiger partial charge in [-0.05, 0) is 50.3 Å². The van der Waals surface area contributed by atoms with Gasteiger partial charge in [-0.3, -0.25) is 0 Å². The van der Waals surface area contributed by atoms with E-state index < -0.39 is 0 Å². The lowest BCUT2D eigenvalue weighted by Gasteiger charge is -2.43. The molecule has 0 radical (unpaired) electrons. The molecule has 0 spiro atoms. The van der Waals surface area contributed by atoms with Gasteiger partial charge in [0, 0.05) is 36.4 Å². The third-order valence-electron chi connectivity index (χ3n) is 4.47. The smallest absolute Gasteiger partial charge is 0.123 e. The quantitative estimate of drug-likeness (QED) is 0.831. The molecule has 20 heavy (non-hydrogen) atoms. The predicted molar refractivity (Wildman–Crippen MR) is 76.2 cm³/mol. The highest BCUT2D eigenvalue weighted by molar-refractivity contribution is 5.56. The van der Waals surface area contributed by atoms with Gasteiger partial charge in [-0.15, -0.1) is 0 Å². The molecule has 0 unspecified atom stereocenters. The Morgan fingerprint density at radius 1 is 1.35 bits per heavy atom. The Balaban J connectivity index is 1.83. The molecular formula is C16H22FNO2. The number of hydrogen-bond donors (Lipinski definition) is 2. The molecule has 0 amide bonds. The second kappa shape index (κ2) is 6.10. The number of unbranched alkanes of at least 4 members (excludes halogenated alkanes) is 1. The van der Waals surface area contributed by atoms with Crippen LogP contribution >= 0.6 is 0 Å². The number of ether oxygens (including phenoxy) is 1. The Kier molecular flexibility index (Phi) is 4.22. The highest BCUT2D eigenvalue weighted by Gasteiger charge is 2.38. The normalized spacial score (nSPS) is 28.4. The molecule has 3 rings (SSSR count). The summed E-state index contributed by atoms with van der Waals surface area (Å²) in [6, 6.07) is 5.29. The molecule has 2 heterocycles. The lowest BCUT2D eigenvalue weighted by molar-refractivity contribution is -0.0388. The first-order valence-corrected chi connectivity index (χ1v) is 7.58. The molecule has 2 N–H and O–H groups in total. The molecule has 2 aliphatic rings. The summed E-state index contributed by atoms with van der Waals surface area (Å²) >= 11 is 0. The van der Waals surface area contributed by atoms with E-state index in [1.54, 1.807) is 6.07 Å². The molecule has 2 aliphatic heterocycles. The number of rotatable bonds is 4. The summed E-state index contributed by atoms with van der Waals surface area (Å²) < 4.78 is 19.4. The Morgan fingerprint density at radius 3 is 3.10 bits per heavy atom. The van der Waals surface area contributed by atoms with Gasteiger partial charge in [0.05, 0.1) is 6.10 Å². The lowest BCUT2D eigenvalue weighted by atomic mass is 9.78. The van der Waals surface area contributed by atoms with Crippen molar-refractivity contribution in [1.82, 2.24) is 0 Å². The molecule has 0 aromatic heterocycles. The van der Waals surface area contributed by atoms with Crippen molar-refractivity contribution >= 4 is 5.69 Å². The minimum Gasteiger partial charge on any atom is -0.396 e. The van der Waals surface area contributed by atoms with Gasteiger partial charge in [-0.1, -0.05) is 0 Å². The summed E-state index contributed by atoms with van der Waals surface area (Å²) in [5.74, 6) is 0.217. The molecule has 110 valence electrons. The van der Waals surface area contributed by atoms with E-state index in [9.17, 15) is 4.39 Å². The van der Waals surface area contributed by atoms with E-state index in [4.69, 9.17) is 9.84 Å². The average molecular weight is 279 g/mol. The molecule has 1 aromatic carbocycles. The fourth-order valence-corrected chi connectivity index (χ4v) is 3.51. The maximum absolute atomic E-state index is 13.5. The first kappa shape index (κ1) is 13.8. The van der Waals surface area contributed by atoms with Gasteiger partial charge in [0.2, 0.25) is 0 Å². The largest absolute Gasteiger partial charge is 0.396 e. The Hall–Kier alpha value is -1.13. The summed E-state index contributed by atoms with van der Waals surface area (Å²) in [6.45, 7) is 1.01. The monoisotopic (exact) mass is 279 g/mol. The van der Waals surface area contributed by atoms with Gasteiger partial charge in [-0.2, -0.15) is 0 Å². The van der Waals surface area contributed by atoms with Crippen LogP contribution in [0, 0.1) is 11.7 Å². The highest BCUT2D eigenvalue weighted by atomic mass is 19.1. The molecule has 0 saturated carbocycles. The number of hydrogen-bond acceptors (Lipinski definition) is 3. The molecule has 4 heteroatoms. The zero-order valence-corrected chi connectivity index (χ0v) is 11.6. The number of aliphatic hydroxyl groups is 1. The van der Waals surface area contributed by atoms with Gasteiger partial charge in [0.15, 0.2) is 0 Å². The Bertz CT molecular complexity index is 466. The molecular weight excluding hydrogens is 257 g/mol. The van der Waals surface area contributed by atoms with E-state index in [0.717, 1.165) is 50.0 Å². The van der Waals surface area contributed by atoms with Crippen LogP contribution in [0.3, 0.4) is 0 Å². The van der Waals surface area contributed by atoms with E-state index in [-0.39, 0.29) is 18.5 Å². The summed E-state index contributed by atoms with van der Waals surface area (Å²) in [5.41, 5.74) is 1.97. The SMILES string of the molecule is OCCCC[C@@H]1Nc2ccc(F)cc2[C@H]2OCCC[C@H]12. The van der Waals surface area contributed by atoms with E-state index in [1.807, 2.05) is 6.07 Å². The number of halogens is 1. The van der Waals surface area contributed by atoms with Crippen LogP contribution in [-0.2, 0) is 4.74 Å². The molecule has 1 aromatic rings. The topological polar surface area (TPSA) is 41.5 Å². The van der Waals surface area contributed by atoms with Crippen LogP contribution in [0.1, 0.15) is 43.8 Å². The fourth-order valence-electron chi connectivity index (χ4n) is 3.51. The van der Waals surface area contributed by atoms with E-state index in [0.29, 0.717) is 12.0 Å². The molecule has 3 atom stereocenters. The summed E-state index contributed by atoms with van der Waals surface area (Å²) in [4.78, 5) is 0. The first-order valence-electron chi connectivity index (χ1n) is 7.58. The number of aliphatic hydroxyl groups excluding tert-OH is 1. The van der Waals surface area contributed by atoms with Crippen molar-refractivity contribution in [2.45, 2.75) is 44.2 Å². The van der Waals surface area contributed by atoms with Crippen LogP contribution in [0.25, 0.3) is 0 Å². The average Bonchev–Trinajstić information content (AvgIpc) is 2.48. The Labute approximate surface area is 119 Å². The third-order valence-corrected chi connectivity index (χ3v) is 4.47. The van der Waals surface area contributed by atoms with Crippen LogP contribution in [0.2, 0.25) is 0 Å². The molecule has 0 bridgehead atoms. The zero-order chi connectivity index (χ0) is 13.9. The van der Waals surface area contributed by atoms with Crippen LogP contribution in [-0.4, -0.2) is 24.4 Å². The number of fused-ring (bicyclic) bond motifs is 3. The minimum absolute atomic E-state index is 0.0230. The second-order valence-electron chi connectivity index (χ2n) is 5.80. The number of benzene rings is 1. The van der Waals surface area contributed by atoms with Crippen LogP contribution in [0.15, 0.2) is 18.2 Å². The second-order valence-corrected chi connectivity index (χ2v) is 5.80. The molecule has 1 fully saturated rings. The maximum atomic E-state index is 13.5. The molecule has 1 saturated heterocycles. The highest BCUT2D eigenvalue weighted by Crippen LogP contribution is 2.44. The van der Waals surface area contributed by atoms with Crippen LogP contribution in [0.4, 0.5) is 10.1 Å². The minimum atomic E-state index is -0.197. The van der Waals surface area contributed by atoms with Crippen molar-refractivity contribution in [3.05, 3.63) is 29.6 Å². The number of anilines is 1. The van der Waals surface area contributed by atoms with E-state index >= 15 is 0 Å². The van der Waals surface area contributed by atoms with Crippen LogP contribution < -0.4 is 5.32 Å². The van der Waals surface area contributed by atoms with Crippen molar-refractivity contribution in [3.8, 4) is 0 Å². The van der Waals surface area contributed by atoms with Gasteiger partial charge < -0.3 is 15.2 Å². The Morgan fingerprint density at radius 2 is 2.25 bits per heavy atom. The number of nitrogens with one attached hydrogen (secondary N) is 1. The zero-order valence-electron chi connectivity index (χ0n) is 11.6. The van der Waals surface area contributed by atoms with Crippen molar-refractivity contribution in [3.63, 3.8) is 0 Å².